The Bertz CT molecular complexity index is 1090. The summed E-state index contributed by atoms with van der Waals surface area (Å²) in [5, 5.41) is 3.56. The van der Waals surface area contributed by atoms with Crippen LogP contribution in [0.25, 0.3) is 11.0 Å². The van der Waals surface area contributed by atoms with Gasteiger partial charge in [0.1, 0.15) is 22.8 Å². The van der Waals surface area contributed by atoms with E-state index >= 15 is 0 Å². The van der Waals surface area contributed by atoms with Crippen molar-refractivity contribution >= 4 is 22.6 Å². The fourth-order valence-corrected chi connectivity index (χ4v) is 2.77. The van der Waals surface area contributed by atoms with Crippen molar-refractivity contribution in [3.05, 3.63) is 57.9 Å². The molecule has 146 valence electrons. The van der Waals surface area contributed by atoms with Gasteiger partial charge in [-0.1, -0.05) is 0 Å². The lowest BCUT2D eigenvalue weighted by molar-refractivity contribution is -0.118. The first-order chi connectivity index (χ1) is 13.4. The maximum Gasteiger partial charge on any atom is 0.339 e. The van der Waals surface area contributed by atoms with E-state index in [0.29, 0.717) is 34.1 Å². The molecule has 28 heavy (non-hydrogen) atoms. The number of benzene rings is 2. The summed E-state index contributed by atoms with van der Waals surface area (Å²) in [5.74, 6) is 1.15. The number of hydrogen-bond donors (Lipinski definition) is 1. The van der Waals surface area contributed by atoms with Gasteiger partial charge in [-0.3, -0.25) is 4.79 Å². The van der Waals surface area contributed by atoms with Gasteiger partial charge < -0.3 is 23.9 Å². The summed E-state index contributed by atoms with van der Waals surface area (Å²) in [5.41, 5.74) is 1.95. The molecule has 0 saturated heterocycles. The predicted octanol–water partition coefficient (Wildman–Crippen LogP) is 3.44. The molecule has 3 rings (SSSR count). The van der Waals surface area contributed by atoms with Crippen molar-refractivity contribution in [1.29, 1.82) is 0 Å². The van der Waals surface area contributed by atoms with Gasteiger partial charge in [0.15, 0.2) is 6.61 Å². The molecule has 1 amide bonds. The van der Waals surface area contributed by atoms with Crippen LogP contribution in [0, 0.1) is 13.8 Å². The Hall–Kier alpha value is -3.48. The number of hydrogen-bond acceptors (Lipinski definition) is 6. The van der Waals surface area contributed by atoms with Crippen LogP contribution < -0.4 is 25.2 Å². The van der Waals surface area contributed by atoms with E-state index in [0.717, 1.165) is 10.9 Å². The third-order valence-corrected chi connectivity index (χ3v) is 4.48. The van der Waals surface area contributed by atoms with Crippen molar-refractivity contribution in [2.24, 2.45) is 0 Å². The van der Waals surface area contributed by atoms with Gasteiger partial charge in [0.05, 0.1) is 19.9 Å². The van der Waals surface area contributed by atoms with Gasteiger partial charge in [-0.25, -0.2) is 4.79 Å². The van der Waals surface area contributed by atoms with Crippen LogP contribution in [0.15, 0.2) is 45.6 Å². The Morgan fingerprint density at radius 2 is 1.75 bits per heavy atom. The number of fused-ring (bicyclic) bond motifs is 1. The number of aryl methyl sites for hydroxylation is 1. The minimum Gasteiger partial charge on any atom is -0.497 e. The van der Waals surface area contributed by atoms with Crippen molar-refractivity contribution in [1.82, 2.24) is 0 Å². The largest absolute Gasteiger partial charge is 0.497 e. The molecule has 0 radical (unpaired) electrons. The second kappa shape index (κ2) is 8.04. The van der Waals surface area contributed by atoms with E-state index in [4.69, 9.17) is 18.6 Å². The normalized spacial score (nSPS) is 10.6. The fourth-order valence-electron chi connectivity index (χ4n) is 2.77. The monoisotopic (exact) mass is 383 g/mol. The number of anilines is 1. The zero-order valence-corrected chi connectivity index (χ0v) is 16.1. The Labute approximate surface area is 161 Å². The zero-order chi connectivity index (χ0) is 20.3. The highest BCUT2D eigenvalue weighted by molar-refractivity contribution is 5.93. The quantitative estimate of drug-likeness (QED) is 0.656. The molecule has 0 aliphatic carbocycles. The molecule has 0 atom stereocenters. The van der Waals surface area contributed by atoms with Crippen LogP contribution >= 0.6 is 0 Å². The van der Waals surface area contributed by atoms with Gasteiger partial charge in [0, 0.05) is 23.1 Å². The van der Waals surface area contributed by atoms with Crippen molar-refractivity contribution in [3.63, 3.8) is 0 Å². The summed E-state index contributed by atoms with van der Waals surface area (Å²) in [4.78, 5) is 24.1. The lowest BCUT2D eigenvalue weighted by atomic mass is 10.1. The van der Waals surface area contributed by atoms with Crippen LogP contribution in [-0.2, 0) is 4.79 Å². The highest BCUT2D eigenvalue weighted by Crippen LogP contribution is 2.29. The van der Waals surface area contributed by atoms with Crippen LogP contribution in [0.1, 0.15) is 11.1 Å². The average molecular weight is 383 g/mol. The van der Waals surface area contributed by atoms with Crippen LogP contribution in [0.4, 0.5) is 5.69 Å². The molecule has 2 aromatic carbocycles. The molecule has 1 heterocycles. The summed E-state index contributed by atoms with van der Waals surface area (Å²) in [6.07, 6.45) is 0. The van der Waals surface area contributed by atoms with Gasteiger partial charge in [-0.05, 0) is 43.7 Å². The van der Waals surface area contributed by atoms with Gasteiger partial charge in [-0.15, -0.1) is 0 Å². The maximum atomic E-state index is 12.3. The summed E-state index contributed by atoms with van der Waals surface area (Å²) in [7, 11) is 3.05. The molecule has 0 fully saturated rings. The Morgan fingerprint density at radius 1 is 1.00 bits per heavy atom. The van der Waals surface area contributed by atoms with Crippen molar-refractivity contribution in [2.45, 2.75) is 13.8 Å². The third kappa shape index (κ3) is 3.93. The first-order valence-corrected chi connectivity index (χ1v) is 8.61. The molecule has 0 spiro atoms. The van der Waals surface area contributed by atoms with Crippen LogP contribution in [0.5, 0.6) is 17.2 Å². The number of carbonyl (C=O) groups excluding carboxylic acids is 1. The van der Waals surface area contributed by atoms with Gasteiger partial charge in [0.2, 0.25) is 0 Å². The standard InChI is InChI=1S/C21H21NO6/c1-12-13(2)21(24)28-19-10-15(5-7-16(12)19)27-11-20(23)22-17-9-14(25-3)6-8-18(17)26-4/h5-10H,11H2,1-4H3,(H,22,23). The second-order valence-corrected chi connectivity index (χ2v) is 6.20. The molecule has 1 N–H and O–H groups in total. The molecular formula is C21H21NO6. The zero-order valence-electron chi connectivity index (χ0n) is 16.1. The number of carbonyl (C=O) groups is 1. The SMILES string of the molecule is COc1ccc(OC)c(NC(=O)COc2ccc3c(C)c(C)c(=O)oc3c2)c1. The minimum atomic E-state index is -0.384. The Balaban J connectivity index is 1.73. The van der Waals surface area contributed by atoms with E-state index in [1.54, 1.807) is 43.3 Å². The van der Waals surface area contributed by atoms with Crippen molar-refractivity contribution < 1.29 is 23.4 Å². The van der Waals surface area contributed by atoms with E-state index < -0.39 is 0 Å². The van der Waals surface area contributed by atoms with Crippen LogP contribution in [0.2, 0.25) is 0 Å². The Kier molecular flexibility index (Phi) is 5.54. The fraction of sp³-hybridized carbons (Fsp3) is 0.238. The number of ether oxygens (including phenoxy) is 3. The molecule has 0 unspecified atom stereocenters. The first-order valence-electron chi connectivity index (χ1n) is 8.61. The van der Waals surface area contributed by atoms with E-state index in [1.807, 2.05) is 6.92 Å². The molecule has 0 aliphatic rings. The van der Waals surface area contributed by atoms with Crippen molar-refractivity contribution in [3.8, 4) is 17.2 Å². The molecule has 7 nitrogen and oxygen atoms in total. The highest BCUT2D eigenvalue weighted by atomic mass is 16.5. The molecule has 7 heteroatoms. The summed E-state index contributed by atoms with van der Waals surface area (Å²) in [6, 6.07) is 10.2. The predicted molar refractivity (Wildman–Crippen MR) is 106 cm³/mol. The highest BCUT2D eigenvalue weighted by Gasteiger charge is 2.12. The van der Waals surface area contributed by atoms with Crippen LogP contribution in [-0.4, -0.2) is 26.7 Å². The lowest BCUT2D eigenvalue weighted by Gasteiger charge is -2.12. The molecule has 3 aromatic rings. The number of methoxy groups -OCH3 is 2. The molecule has 0 saturated carbocycles. The molecule has 1 aromatic heterocycles. The topological polar surface area (TPSA) is 87.0 Å². The lowest BCUT2D eigenvalue weighted by Crippen LogP contribution is -2.20. The molecular weight excluding hydrogens is 362 g/mol. The van der Waals surface area contributed by atoms with Crippen LogP contribution in [0.3, 0.4) is 0 Å². The smallest absolute Gasteiger partial charge is 0.339 e. The first kappa shape index (κ1) is 19.3. The van der Waals surface area contributed by atoms with E-state index in [-0.39, 0.29) is 18.1 Å². The minimum absolute atomic E-state index is 0.221. The van der Waals surface area contributed by atoms with Gasteiger partial charge in [0.25, 0.3) is 5.91 Å². The maximum absolute atomic E-state index is 12.3. The molecule has 0 aliphatic heterocycles. The van der Waals surface area contributed by atoms with E-state index in [9.17, 15) is 9.59 Å². The van der Waals surface area contributed by atoms with Gasteiger partial charge in [-0.2, -0.15) is 0 Å². The average Bonchev–Trinajstić information content (AvgIpc) is 2.70. The van der Waals surface area contributed by atoms with Crippen molar-refractivity contribution in [2.75, 3.05) is 26.1 Å². The van der Waals surface area contributed by atoms with E-state index in [2.05, 4.69) is 5.32 Å². The van der Waals surface area contributed by atoms with Gasteiger partial charge >= 0.3 is 5.63 Å². The summed E-state index contributed by atoms with van der Waals surface area (Å²) >= 11 is 0. The van der Waals surface area contributed by atoms with E-state index in [1.165, 1.54) is 14.2 Å². The molecule has 0 bridgehead atoms. The second-order valence-electron chi connectivity index (χ2n) is 6.20. The Morgan fingerprint density at radius 3 is 2.46 bits per heavy atom. The summed E-state index contributed by atoms with van der Waals surface area (Å²) < 4.78 is 21.2. The number of nitrogens with one attached hydrogen (secondary N) is 1. The summed E-state index contributed by atoms with van der Waals surface area (Å²) in [6.45, 7) is 3.37. The third-order valence-electron chi connectivity index (χ3n) is 4.48. The number of rotatable bonds is 6. The number of amides is 1.